The molecule has 0 radical (unpaired) electrons. The van der Waals surface area contributed by atoms with Gasteiger partial charge in [-0.3, -0.25) is 0 Å². The quantitative estimate of drug-likeness (QED) is 0.839. The smallest absolute Gasteiger partial charge is 0.380 e. The number of thiazole rings is 1. The number of aromatic nitrogens is 1. The minimum Gasteiger partial charge on any atom is -0.477 e. The Balaban J connectivity index is 3.03. The van der Waals surface area contributed by atoms with Crippen LogP contribution in [0, 0.1) is 0 Å². The molecule has 1 rings (SSSR count). The van der Waals surface area contributed by atoms with Gasteiger partial charge in [0.1, 0.15) is 4.88 Å². The number of hydrogen-bond acceptors (Lipinski definition) is 4. The molecule has 0 aliphatic carbocycles. The van der Waals surface area contributed by atoms with Gasteiger partial charge in [0.05, 0.1) is 6.20 Å². The molecule has 1 heterocycles. The van der Waals surface area contributed by atoms with E-state index in [1.807, 2.05) is 0 Å². The zero-order valence-electron chi connectivity index (χ0n) is 7.49. The average molecular weight is 222 g/mol. The zero-order valence-corrected chi connectivity index (χ0v) is 8.31. The lowest BCUT2D eigenvalue weighted by Gasteiger charge is -2.08. The normalized spacial score (nSPS) is 11.4. The van der Waals surface area contributed by atoms with Crippen LogP contribution in [0.1, 0.15) is 4.88 Å². The molecule has 0 aliphatic heterocycles. The fourth-order valence-corrected chi connectivity index (χ4v) is 1.53. The molecule has 0 amide bonds. The van der Waals surface area contributed by atoms with Crippen molar-refractivity contribution < 1.29 is 18.7 Å². The van der Waals surface area contributed by atoms with Crippen molar-refractivity contribution in [2.75, 3.05) is 19.0 Å². The van der Waals surface area contributed by atoms with E-state index in [-0.39, 0.29) is 0 Å². The number of aliphatic carboxylic acids is 1. The lowest BCUT2D eigenvalue weighted by Crippen LogP contribution is -2.23. The van der Waals surface area contributed by atoms with Gasteiger partial charge in [0.25, 0.3) is 0 Å². The van der Waals surface area contributed by atoms with Crippen molar-refractivity contribution in [2.45, 2.75) is 5.92 Å². The molecule has 0 spiro atoms. The molecule has 78 valence electrons. The van der Waals surface area contributed by atoms with E-state index in [4.69, 9.17) is 5.11 Å². The summed E-state index contributed by atoms with van der Waals surface area (Å²) in [6, 6.07) is 0. The highest BCUT2D eigenvalue weighted by molar-refractivity contribution is 7.15. The van der Waals surface area contributed by atoms with Crippen LogP contribution in [0.4, 0.5) is 13.9 Å². The zero-order chi connectivity index (χ0) is 10.9. The molecule has 4 nitrogen and oxygen atoms in total. The summed E-state index contributed by atoms with van der Waals surface area (Å²) >= 11 is 0.660. The van der Waals surface area contributed by atoms with E-state index in [0.717, 1.165) is 6.20 Å². The van der Waals surface area contributed by atoms with Crippen molar-refractivity contribution in [2.24, 2.45) is 0 Å². The Bertz CT molecular complexity index is 351. The van der Waals surface area contributed by atoms with Crippen LogP contribution in [0.5, 0.6) is 0 Å². The van der Waals surface area contributed by atoms with Gasteiger partial charge in [0.15, 0.2) is 5.13 Å². The molecule has 0 unspecified atom stereocenters. The predicted octanol–water partition coefficient (Wildman–Crippen LogP) is 1.39. The van der Waals surface area contributed by atoms with Crippen LogP contribution in [0.25, 0.3) is 0 Å². The number of carboxylic acid groups (broad SMARTS) is 1. The molecule has 0 fully saturated rings. The number of rotatable bonds is 3. The first-order valence-corrected chi connectivity index (χ1v) is 4.42. The maximum Gasteiger partial charge on any atom is 0.380 e. The first kappa shape index (κ1) is 10.8. The molecule has 1 N–H and O–H groups in total. The van der Waals surface area contributed by atoms with Crippen molar-refractivity contribution >= 4 is 22.4 Å². The molecule has 1 aromatic rings. The second kappa shape index (κ2) is 3.49. The third-order valence-corrected chi connectivity index (χ3v) is 2.69. The van der Waals surface area contributed by atoms with Gasteiger partial charge < -0.3 is 10.0 Å². The largest absolute Gasteiger partial charge is 0.477 e. The summed E-state index contributed by atoms with van der Waals surface area (Å²) in [6.07, 6.45) is 0.883. The van der Waals surface area contributed by atoms with Crippen LogP contribution in [-0.2, 0) is 10.7 Å². The number of halogens is 2. The van der Waals surface area contributed by atoms with Crippen LogP contribution in [0.2, 0.25) is 0 Å². The van der Waals surface area contributed by atoms with Gasteiger partial charge in [0.2, 0.25) is 0 Å². The SMILES string of the molecule is CN(C)c1ncc(C(F)(F)C(=O)O)s1. The standard InChI is InChI=1S/C7H8F2N2O2S/c1-11(2)6-10-3-4(14-6)7(8,9)5(12)13/h3H,1-2H3,(H,12,13). The van der Waals surface area contributed by atoms with E-state index < -0.39 is 16.8 Å². The Kier molecular flexibility index (Phi) is 2.70. The van der Waals surface area contributed by atoms with Crippen LogP contribution < -0.4 is 4.90 Å². The predicted molar refractivity (Wildman–Crippen MR) is 48.0 cm³/mol. The summed E-state index contributed by atoms with van der Waals surface area (Å²) < 4.78 is 25.8. The number of nitrogens with zero attached hydrogens (tertiary/aromatic N) is 2. The van der Waals surface area contributed by atoms with Crippen molar-refractivity contribution in [1.82, 2.24) is 4.98 Å². The fourth-order valence-electron chi connectivity index (χ4n) is 0.722. The number of anilines is 1. The van der Waals surface area contributed by atoms with E-state index in [9.17, 15) is 13.6 Å². The summed E-state index contributed by atoms with van der Waals surface area (Å²) in [5.41, 5.74) is 0. The van der Waals surface area contributed by atoms with Crippen molar-refractivity contribution in [3.63, 3.8) is 0 Å². The van der Waals surface area contributed by atoms with Gasteiger partial charge in [-0.05, 0) is 0 Å². The summed E-state index contributed by atoms with van der Waals surface area (Å²) in [5.74, 6) is -6.02. The van der Waals surface area contributed by atoms with Crippen molar-refractivity contribution in [3.05, 3.63) is 11.1 Å². The van der Waals surface area contributed by atoms with Gasteiger partial charge >= 0.3 is 11.9 Å². The average Bonchev–Trinajstić information content (AvgIpc) is 2.51. The van der Waals surface area contributed by atoms with Gasteiger partial charge in [-0.1, -0.05) is 11.3 Å². The summed E-state index contributed by atoms with van der Waals surface area (Å²) in [6.45, 7) is 0. The van der Waals surface area contributed by atoms with Crippen LogP contribution >= 0.6 is 11.3 Å². The molecule has 7 heteroatoms. The number of carbonyl (C=O) groups is 1. The van der Waals surface area contributed by atoms with Gasteiger partial charge in [-0.2, -0.15) is 8.78 Å². The van der Waals surface area contributed by atoms with Crippen molar-refractivity contribution in [3.8, 4) is 0 Å². The third-order valence-electron chi connectivity index (χ3n) is 1.45. The Labute approximate surface area is 82.8 Å². The molecule has 0 aromatic carbocycles. The summed E-state index contributed by atoms with van der Waals surface area (Å²) in [4.78, 5) is 14.9. The Morgan fingerprint density at radius 2 is 2.21 bits per heavy atom. The maximum atomic E-state index is 12.9. The van der Waals surface area contributed by atoms with E-state index in [1.165, 1.54) is 4.90 Å². The first-order chi connectivity index (χ1) is 6.35. The molecule has 0 aliphatic rings. The van der Waals surface area contributed by atoms with Gasteiger partial charge in [-0.25, -0.2) is 9.78 Å². The highest BCUT2D eigenvalue weighted by Crippen LogP contribution is 2.34. The first-order valence-electron chi connectivity index (χ1n) is 3.60. The molecular weight excluding hydrogens is 214 g/mol. The number of carboxylic acids is 1. The fraction of sp³-hybridized carbons (Fsp3) is 0.429. The number of hydrogen-bond donors (Lipinski definition) is 1. The van der Waals surface area contributed by atoms with Crippen LogP contribution in [-0.4, -0.2) is 30.2 Å². The Hall–Kier alpha value is -1.24. The van der Waals surface area contributed by atoms with Gasteiger partial charge in [0, 0.05) is 14.1 Å². The van der Waals surface area contributed by atoms with Gasteiger partial charge in [-0.15, -0.1) is 0 Å². The van der Waals surface area contributed by atoms with E-state index in [2.05, 4.69) is 4.98 Å². The van der Waals surface area contributed by atoms with Crippen molar-refractivity contribution in [1.29, 1.82) is 0 Å². The second-order valence-electron chi connectivity index (χ2n) is 2.78. The Morgan fingerprint density at radius 3 is 2.57 bits per heavy atom. The molecule has 0 saturated heterocycles. The number of alkyl halides is 2. The highest BCUT2D eigenvalue weighted by Gasteiger charge is 2.43. The Morgan fingerprint density at radius 1 is 1.64 bits per heavy atom. The minimum absolute atomic E-state index is 0.348. The summed E-state index contributed by atoms with van der Waals surface area (Å²) in [5, 5.41) is 8.61. The molecular formula is C7H8F2N2O2S. The van der Waals surface area contributed by atoms with Crippen LogP contribution in [0.3, 0.4) is 0 Å². The topological polar surface area (TPSA) is 53.4 Å². The van der Waals surface area contributed by atoms with E-state index in [0.29, 0.717) is 16.5 Å². The molecule has 0 bridgehead atoms. The highest BCUT2D eigenvalue weighted by atomic mass is 32.1. The summed E-state index contributed by atoms with van der Waals surface area (Å²) in [7, 11) is 3.28. The lowest BCUT2D eigenvalue weighted by atomic mass is 10.3. The second-order valence-corrected chi connectivity index (χ2v) is 3.79. The molecule has 1 aromatic heterocycles. The van der Waals surface area contributed by atoms with E-state index in [1.54, 1.807) is 14.1 Å². The van der Waals surface area contributed by atoms with E-state index >= 15 is 0 Å². The maximum absolute atomic E-state index is 12.9. The monoisotopic (exact) mass is 222 g/mol. The molecule has 14 heavy (non-hydrogen) atoms. The molecule has 0 saturated carbocycles. The molecule has 0 atom stereocenters. The van der Waals surface area contributed by atoms with Crippen LogP contribution in [0.15, 0.2) is 6.20 Å². The lowest BCUT2D eigenvalue weighted by molar-refractivity contribution is -0.165. The third kappa shape index (κ3) is 1.82. The minimum atomic E-state index is -3.86.